The lowest BCUT2D eigenvalue weighted by molar-refractivity contribution is 0.581. The summed E-state index contributed by atoms with van der Waals surface area (Å²) in [6, 6.07) is 21.2. The first-order chi connectivity index (χ1) is 12.4. The van der Waals surface area contributed by atoms with Crippen molar-refractivity contribution in [1.29, 1.82) is 0 Å². The van der Waals surface area contributed by atoms with Gasteiger partial charge in [-0.05, 0) is 61.4 Å². The zero-order valence-corrected chi connectivity index (χ0v) is 15.4. The Morgan fingerprint density at radius 3 is 2.04 bits per heavy atom. The van der Waals surface area contributed by atoms with Gasteiger partial charge in [0, 0.05) is 0 Å². The molecule has 0 N–H and O–H groups in total. The van der Waals surface area contributed by atoms with E-state index in [4.69, 9.17) is 0 Å². The molecule has 1 unspecified atom stereocenters. The van der Waals surface area contributed by atoms with Crippen LogP contribution in [0.4, 0.5) is 10.1 Å². The van der Waals surface area contributed by atoms with Crippen molar-refractivity contribution in [3.05, 3.63) is 95.8 Å². The maximum atomic E-state index is 13.4. The predicted octanol–water partition coefficient (Wildman–Crippen LogP) is 5.09. The molecule has 0 amide bonds. The third-order valence-electron chi connectivity index (χ3n) is 4.37. The highest BCUT2D eigenvalue weighted by atomic mass is 32.2. The van der Waals surface area contributed by atoms with Crippen molar-refractivity contribution in [2.45, 2.75) is 24.8 Å². The van der Waals surface area contributed by atoms with E-state index in [2.05, 4.69) is 0 Å². The number of nitrogens with zero attached hydrogens (tertiary/aromatic N) is 1. The molecule has 0 saturated carbocycles. The SMILES string of the molecule is Cc1ccccc1C(C)N(c1ccccc1)S(=O)(=O)c1ccc(F)cc1. The summed E-state index contributed by atoms with van der Waals surface area (Å²) in [4.78, 5) is 0.0585. The van der Waals surface area contributed by atoms with Crippen molar-refractivity contribution in [2.75, 3.05) is 4.31 Å². The lowest BCUT2D eigenvalue weighted by Crippen LogP contribution is -2.34. The number of aryl methyl sites for hydroxylation is 1. The predicted molar refractivity (Wildman–Crippen MR) is 102 cm³/mol. The summed E-state index contributed by atoms with van der Waals surface area (Å²) in [5, 5.41) is 0. The smallest absolute Gasteiger partial charge is 0.259 e. The van der Waals surface area contributed by atoms with Gasteiger partial charge in [-0.3, -0.25) is 4.31 Å². The molecule has 0 aromatic heterocycles. The summed E-state index contributed by atoms with van der Waals surface area (Å²) >= 11 is 0. The van der Waals surface area contributed by atoms with E-state index in [1.54, 1.807) is 24.3 Å². The summed E-state index contributed by atoms with van der Waals surface area (Å²) in [6.45, 7) is 3.82. The number of rotatable bonds is 5. The van der Waals surface area contributed by atoms with Crippen LogP contribution in [0.25, 0.3) is 0 Å². The second-order valence-electron chi connectivity index (χ2n) is 6.12. The van der Waals surface area contributed by atoms with E-state index in [0.29, 0.717) is 5.69 Å². The Hall–Kier alpha value is -2.66. The third-order valence-corrected chi connectivity index (χ3v) is 6.28. The Balaban J connectivity index is 2.16. The highest BCUT2D eigenvalue weighted by Gasteiger charge is 2.30. The third kappa shape index (κ3) is 3.48. The number of benzene rings is 3. The summed E-state index contributed by atoms with van der Waals surface area (Å²) < 4.78 is 41.4. The quantitative estimate of drug-likeness (QED) is 0.628. The first-order valence-electron chi connectivity index (χ1n) is 8.32. The van der Waals surface area contributed by atoms with Gasteiger partial charge in [0.15, 0.2) is 0 Å². The van der Waals surface area contributed by atoms with Gasteiger partial charge in [0.2, 0.25) is 0 Å². The molecule has 134 valence electrons. The molecule has 3 rings (SSSR count). The molecule has 0 heterocycles. The molecule has 1 atom stereocenters. The summed E-state index contributed by atoms with van der Waals surface area (Å²) in [6.07, 6.45) is 0. The summed E-state index contributed by atoms with van der Waals surface area (Å²) in [7, 11) is -3.87. The van der Waals surface area contributed by atoms with Crippen LogP contribution in [0.5, 0.6) is 0 Å². The van der Waals surface area contributed by atoms with Crippen LogP contribution in [0.2, 0.25) is 0 Å². The Bertz CT molecular complexity index is 986. The second kappa shape index (κ2) is 7.30. The molecule has 5 heteroatoms. The first kappa shape index (κ1) is 18.1. The average molecular weight is 369 g/mol. The average Bonchev–Trinajstić information content (AvgIpc) is 2.63. The summed E-state index contributed by atoms with van der Waals surface area (Å²) in [5.74, 6) is -0.470. The maximum absolute atomic E-state index is 13.4. The zero-order valence-electron chi connectivity index (χ0n) is 14.6. The molecule has 0 saturated heterocycles. The second-order valence-corrected chi connectivity index (χ2v) is 7.94. The van der Waals surface area contributed by atoms with Crippen LogP contribution in [0.3, 0.4) is 0 Å². The van der Waals surface area contributed by atoms with Gasteiger partial charge in [0.05, 0.1) is 16.6 Å². The Morgan fingerprint density at radius 2 is 1.42 bits per heavy atom. The van der Waals surface area contributed by atoms with Crippen LogP contribution in [-0.4, -0.2) is 8.42 Å². The van der Waals surface area contributed by atoms with E-state index in [-0.39, 0.29) is 4.90 Å². The number of hydrogen-bond acceptors (Lipinski definition) is 2. The fourth-order valence-electron chi connectivity index (χ4n) is 3.05. The van der Waals surface area contributed by atoms with E-state index in [9.17, 15) is 12.8 Å². The lowest BCUT2D eigenvalue weighted by Gasteiger charge is -2.31. The van der Waals surface area contributed by atoms with Gasteiger partial charge in [0.1, 0.15) is 5.82 Å². The van der Waals surface area contributed by atoms with Crippen molar-refractivity contribution < 1.29 is 12.8 Å². The van der Waals surface area contributed by atoms with Crippen molar-refractivity contribution in [2.24, 2.45) is 0 Å². The molecule has 3 aromatic rings. The highest BCUT2D eigenvalue weighted by Crippen LogP contribution is 2.34. The molecule has 0 aliphatic carbocycles. The van der Waals surface area contributed by atoms with Crippen molar-refractivity contribution in [3.63, 3.8) is 0 Å². The van der Waals surface area contributed by atoms with Gasteiger partial charge >= 0.3 is 0 Å². The van der Waals surface area contributed by atoms with Gasteiger partial charge in [-0.2, -0.15) is 0 Å². The number of halogens is 1. The zero-order chi connectivity index (χ0) is 18.7. The van der Waals surface area contributed by atoms with Crippen molar-refractivity contribution in [1.82, 2.24) is 0 Å². The van der Waals surface area contributed by atoms with Gasteiger partial charge in [-0.25, -0.2) is 12.8 Å². The molecule has 0 bridgehead atoms. The van der Waals surface area contributed by atoms with Crippen LogP contribution < -0.4 is 4.31 Å². The van der Waals surface area contributed by atoms with E-state index < -0.39 is 21.9 Å². The molecular weight excluding hydrogens is 349 g/mol. The number of sulfonamides is 1. The minimum absolute atomic E-state index is 0.0585. The molecule has 0 radical (unpaired) electrons. The van der Waals surface area contributed by atoms with Crippen LogP contribution in [0.15, 0.2) is 83.8 Å². The number of anilines is 1. The standard InChI is InChI=1S/C21H20FNO2S/c1-16-8-6-7-11-21(16)17(2)23(19-9-4-3-5-10-19)26(24,25)20-14-12-18(22)13-15-20/h3-15,17H,1-2H3. The Kier molecular flexibility index (Phi) is 5.09. The topological polar surface area (TPSA) is 37.4 Å². The van der Waals surface area contributed by atoms with Gasteiger partial charge < -0.3 is 0 Å². The monoisotopic (exact) mass is 369 g/mol. The Labute approximate surface area is 153 Å². The van der Waals surface area contributed by atoms with E-state index >= 15 is 0 Å². The van der Waals surface area contributed by atoms with Gasteiger partial charge in [-0.1, -0.05) is 42.5 Å². The minimum Gasteiger partial charge on any atom is -0.259 e. The largest absolute Gasteiger partial charge is 0.264 e. The van der Waals surface area contributed by atoms with Gasteiger partial charge in [0.25, 0.3) is 10.0 Å². The maximum Gasteiger partial charge on any atom is 0.264 e. The minimum atomic E-state index is -3.87. The lowest BCUT2D eigenvalue weighted by atomic mass is 10.0. The first-order valence-corrected chi connectivity index (χ1v) is 9.76. The molecular formula is C21H20FNO2S. The van der Waals surface area contributed by atoms with Gasteiger partial charge in [-0.15, -0.1) is 0 Å². The van der Waals surface area contributed by atoms with E-state index in [1.165, 1.54) is 16.4 Å². The van der Waals surface area contributed by atoms with E-state index in [1.807, 2.05) is 44.2 Å². The van der Waals surface area contributed by atoms with Crippen molar-refractivity contribution >= 4 is 15.7 Å². The molecule has 3 nitrogen and oxygen atoms in total. The van der Waals surface area contributed by atoms with Crippen LogP contribution in [0.1, 0.15) is 24.1 Å². The fraction of sp³-hybridized carbons (Fsp3) is 0.143. The van der Waals surface area contributed by atoms with Crippen LogP contribution in [-0.2, 0) is 10.0 Å². The molecule has 26 heavy (non-hydrogen) atoms. The highest BCUT2D eigenvalue weighted by molar-refractivity contribution is 7.92. The number of hydrogen-bond donors (Lipinski definition) is 0. The molecule has 0 fully saturated rings. The Morgan fingerprint density at radius 1 is 0.846 bits per heavy atom. The summed E-state index contributed by atoms with van der Waals surface area (Å²) in [5.41, 5.74) is 2.49. The molecule has 0 spiro atoms. The number of para-hydroxylation sites is 1. The molecule has 3 aromatic carbocycles. The van der Waals surface area contributed by atoms with Crippen LogP contribution in [0, 0.1) is 12.7 Å². The van der Waals surface area contributed by atoms with Crippen LogP contribution >= 0.6 is 0 Å². The normalized spacial score (nSPS) is 12.6. The van der Waals surface area contributed by atoms with Crippen molar-refractivity contribution in [3.8, 4) is 0 Å². The fourth-order valence-corrected chi connectivity index (χ4v) is 4.68. The molecule has 0 aliphatic heterocycles. The molecule has 0 aliphatic rings. The van der Waals surface area contributed by atoms with E-state index in [0.717, 1.165) is 23.3 Å².